The van der Waals surface area contributed by atoms with Gasteiger partial charge in [-0.25, -0.2) is 0 Å². The van der Waals surface area contributed by atoms with E-state index in [9.17, 15) is 0 Å². The Hall–Kier alpha value is -4.51. The monoisotopic (exact) mass is 467 g/mol. The average Bonchev–Trinajstić information content (AvgIpc) is 3.63. The number of benzene rings is 4. The first-order chi connectivity index (χ1) is 17.7. The van der Waals surface area contributed by atoms with Crippen molar-refractivity contribution in [3.8, 4) is 11.8 Å². The van der Waals surface area contributed by atoms with E-state index in [4.69, 9.17) is 4.98 Å². The third kappa shape index (κ3) is 2.42. The Morgan fingerprint density at radius 2 is 1.03 bits per heavy atom. The third-order valence-corrected chi connectivity index (χ3v) is 7.76. The lowest BCUT2D eigenvalue weighted by Gasteiger charge is -2.13. The van der Waals surface area contributed by atoms with Crippen LogP contribution in [0.15, 0.2) is 97.1 Å². The van der Waals surface area contributed by atoms with Gasteiger partial charge < -0.3 is 4.90 Å². The smallest absolute Gasteiger partial charge is 0.218 e. The molecule has 4 heterocycles. The first-order valence-corrected chi connectivity index (χ1v) is 12.5. The van der Waals surface area contributed by atoms with Gasteiger partial charge in [0.2, 0.25) is 5.95 Å². The van der Waals surface area contributed by atoms with Crippen LogP contribution in [0.1, 0.15) is 13.0 Å². The first-order valence-electron chi connectivity index (χ1n) is 12.5. The molecule has 0 aliphatic carbocycles. The van der Waals surface area contributed by atoms with Crippen LogP contribution in [0, 0.1) is 0 Å². The highest BCUT2D eigenvalue weighted by Gasteiger charge is 2.34. The molecule has 1 unspecified atom stereocenters. The summed E-state index contributed by atoms with van der Waals surface area (Å²) in [6.07, 6.45) is 0. The van der Waals surface area contributed by atoms with Crippen molar-refractivity contribution in [2.24, 2.45) is 0 Å². The van der Waals surface area contributed by atoms with Gasteiger partial charge in [0.05, 0.1) is 28.1 Å². The Balaban J connectivity index is 1.54. The van der Waals surface area contributed by atoms with Crippen molar-refractivity contribution >= 4 is 49.4 Å². The predicted molar refractivity (Wildman–Crippen MR) is 149 cm³/mol. The number of imidazole rings is 1. The molecule has 3 aromatic heterocycles. The van der Waals surface area contributed by atoms with E-state index in [1.165, 1.54) is 43.6 Å². The van der Waals surface area contributed by atoms with E-state index in [1.54, 1.807) is 0 Å². The SMILES string of the molecule is CC1CN(C)c2c(-n3c4ccccc4c4ccccc43)nc(-n3c4ccccc4c4ccccc43)n21. The summed E-state index contributed by atoms with van der Waals surface area (Å²) in [5, 5.41) is 5.01. The van der Waals surface area contributed by atoms with E-state index in [0.717, 1.165) is 24.1 Å². The Labute approximate surface area is 208 Å². The van der Waals surface area contributed by atoms with E-state index >= 15 is 0 Å². The van der Waals surface area contributed by atoms with E-state index in [2.05, 4.69) is 130 Å². The maximum Gasteiger partial charge on any atom is 0.218 e. The topological polar surface area (TPSA) is 30.9 Å². The molecule has 1 aliphatic heterocycles. The summed E-state index contributed by atoms with van der Waals surface area (Å²) in [6, 6.07) is 34.9. The Morgan fingerprint density at radius 1 is 0.611 bits per heavy atom. The molecule has 5 heteroatoms. The number of aromatic nitrogens is 4. The minimum atomic E-state index is 0.300. The minimum absolute atomic E-state index is 0.300. The van der Waals surface area contributed by atoms with Crippen LogP contribution in [0.5, 0.6) is 0 Å². The summed E-state index contributed by atoms with van der Waals surface area (Å²) in [6.45, 7) is 3.24. The van der Waals surface area contributed by atoms with Crippen LogP contribution >= 0.6 is 0 Å². The first kappa shape index (κ1) is 19.8. The fraction of sp³-hybridized carbons (Fsp3) is 0.129. The van der Waals surface area contributed by atoms with Crippen LogP contribution in [-0.2, 0) is 0 Å². The van der Waals surface area contributed by atoms with Gasteiger partial charge in [-0.15, -0.1) is 0 Å². The summed E-state index contributed by atoms with van der Waals surface area (Å²) in [5.74, 6) is 3.11. The van der Waals surface area contributed by atoms with Crippen molar-refractivity contribution in [2.45, 2.75) is 13.0 Å². The molecule has 0 fully saturated rings. The van der Waals surface area contributed by atoms with Crippen molar-refractivity contribution in [1.29, 1.82) is 0 Å². The number of hydrogen-bond acceptors (Lipinski definition) is 2. The van der Waals surface area contributed by atoms with Gasteiger partial charge in [0.15, 0.2) is 11.6 Å². The van der Waals surface area contributed by atoms with Crippen molar-refractivity contribution in [3.05, 3.63) is 97.1 Å². The lowest BCUT2D eigenvalue weighted by atomic mass is 10.2. The van der Waals surface area contributed by atoms with Crippen LogP contribution in [-0.4, -0.2) is 32.3 Å². The average molecular weight is 468 g/mol. The molecule has 4 aromatic carbocycles. The number of rotatable bonds is 2. The van der Waals surface area contributed by atoms with Crippen LogP contribution < -0.4 is 4.90 Å². The molecule has 0 saturated carbocycles. The van der Waals surface area contributed by atoms with E-state index in [-0.39, 0.29) is 0 Å². The van der Waals surface area contributed by atoms with Crippen LogP contribution in [0.2, 0.25) is 0 Å². The zero-order valence-electron chi connectivity index (χ0n) is 20.3. The Kier molecular flexibility index (Phi) is 3.85. The summed E-state index contributed by atoms with van der Waals surface area (Å²) < 4.78 is 7.13. The van der Waals surface area contributed by atoms with E-state index < -0.39 is 0 Å². The standard InChI is InChI=1S/C31H25N5/c1-20-19-33(2)30-29(35-25-15-7-3-11-21(25)22-12-4-8-16-26(22)35)32-31(34(20)30)36-27-17-9-5-13-23(27)24-14-6-10-18-28(24)36/h3-18,20H,19H2,1-2H3. The van der Waals surface area contributed by atoms with Crippen molar-refractivity contribution in [1.82, 2.24) is 18.7 Å². The van der Waals surface area contributed by atoms with Gasteiger partial charge in [-0.1, -0.05) is 72.8 Å². The molecule has 36 heavy (non-hydrogen) atoms. The molecule has 0 radical (unpaired) electrons. The second kappa shape index (κ2) is 7.01. The van der Waals surface area contributed by atoms with Gasteiger partial charge in [-0.3, -0.25) is 13.7 Å². The zero-order chi connectivity index (χ0) is 24.0. The maximum atomic E-state index is 5.47. The van der Waals surface area contributed by atoms with Gasteiger partial charge in [-0.2, -0.15) is 4.98 Å². The molecule has 0 N–H and O–H groups in total. The van der Waals surface area contributed by atoms with Gasteiger partial charge in [0.1, 0.15) is 0 Å². The maximum absolute atomic E-state index is 5.47. The number of fused-ring (bicyclic) bond motifs is 7. The normalized spacial score (nSPS) is 15.6. The minimum Gasteiger partial charge on any atom is -0.356 e. The molecule has 1 aliphatic rings. The molecular weight excluding hydrogens is 442 g/mol. The summed E-state index contributed by atoms with van der Waals surface area (Å²) >= 11 is 0. The number of para-hydroxylation sites is 4. The molecule has 0 amide bonds. The summed E-state index contributed by atoms with van der Waals surface area (Å²) in [5.41, 5.74) is 4.73. The Bertz CT molecular complexity index is 1720. The lowest BCUT2D eigenvalue weighted by molar-refractivity contribution is 0.603. The largest absolute Gasteiger partial charge is 0.356 e. The molecule has 8 rings (SSSR count). The van der Waals surface area contributed by atoms with Crippen LogP contribution in [0.25, 0.3) is 55.4 Å². The molecule has 0 saturated heterocycles. The molecule has 5 nitrogen and oxygen atoms in total. The quantitative estimate of drug-likeness (QED) is 0.272. The number of hydrogen-bond donors (Lipinski definition) is 0. The van der Waals surface area contributed by atoms with Crippen molar-refractivity contribution in [2.75, 3.05) is 18.5 Å². The molecule has 174 valence electrons. The third-order valence-electron chi connectivity index (χ3n) is 7.76. The van der Waals surface area contributed by atoms with E-state index in [0.29, 0.717) is 6.04 Å². The van der Waals surface area contributed by atoms with Crippen molar-refractivity contribution in [3.63, 3.8) is 0 Å². The zero-order valence-corrected chi connectivity index (χ0v) is 20.3. The second-order valence-corrected chi connectivity index (χ2v) is 9.90. The van der Waals surface area contributed by atoms with E-state index in [1.807, 2.05) is 0 Å². The fourth-order valence-corrected chi connectivity index (χ4v) is 6.32. The summed E-state index contributed by atoms with van der Waals surface area (Å²) in [4.78, 5) is 7.82. The van der Waals surface area contributed by atoms with Crippen molar-refractivity contribution < 1.29 is 0 Å². The van der Waals surface area contributed by atoms with Crippen LogP contribution in [0.3, 0.4) is 0 Å². The highest BCUT2D eigenvalue weighted by Crippen LogP contribution is 2.42. The highest BCUT2D eigenvalue weighted by molar-refractivity contribution is 6.10. The summed E-state index contributed by atoms with van der Waals surface area (Å²) in [7, 11) is 2.18. The number of anilines is 1. The number of nitrogens with zero attached hydrogens (tertiary/aromatic N) is 5. The molecule has 0 bridgehead atoms. The molecule has 7 aromatic rings. The predicted octanol–water partition coefficient (Wildman–Crippen LogP) is 7.09. The molecule has 0 spiro atoms. The molecular formula is C31H25N5. The second-order valence-electron chi connectivity index (χ2n) is 9.90. The van der Waals surface area contributed by atoms with Gasteiger partial charge in [0.25, 0.3) is 0 Å². The lowest BCUT2D eigenvalue weighted by Crippen LogP contribution is -2.17. The molecule has 1 atom stereocenters. The highest BCUT2D eigenvalue weighted by atomic mass is 15.4. The fourth-order valence-electron chi connectivity index (χ4n) is 6.32. The Morgan fingerprint density at radius 3 is 1.50 bits per heavy atom. The number of likely N-dealkylation sites (N-methyl/N-ethyl adjacent to an activating group) is 1. The van der Waals surface area contributed by atoms with Gasteiger partial charge in [-0.05, 0) is 31.2 Å². The van der Waals surface area contributed by atoms with Gasteiger partial charge >= 0.3 is 0 Å². The van der Waals surface area contributed by atoms with Gasteiger partial charge in [0, 0.05) is 35.1 Å². The van der Waals surface area contributed by atoms with Crippen LogP contribution in [0.4, 0.5) is 5.82 Å².